The number of hydrogen-bond donors (Lipinski definition) is 0. The second-order valence-electron chi connectivity index (χ2n) is 5.82. The number of halogens is 1. The molecule has 0 N–H and O–H groups in total. The van der Waals surface area contributed by atoms with Crippen molar-refractivity contribution in [2.45, 2.75) is 46.4 Å². The molecule has 108 valence electrons. The van der Waals surface area contributed by atoms with Crippen LogP contribution in [-0.4, -0.2) is 13.2 Å². The standard InChI is InChI=1S/C16H25ClO2/c1-5-18-14-9-6-8-13(12-17)15(14)19-11-7-10-16(2,3)4/h6,8-9H,5,7,10-12H2,1-4H3. The molecule has 1 rings (SSSR count). The van der Waals surface area contributed by atoms with Crippen molar-refractivity contribution in [3.63, 3.8) is 0 Å². The first kappa shape index (κ1) is 16.2. The van der Waals surface area contributed by atoms with E-state index >= 15 is 0 Å². The van der Waals surface area contributed by atoms with Crippen LogP contribution in [0.1, 0.15) is 46.1 Å². The number of hydrogen-bond acceptors (Lipinski definition) is 2. The highest BCUT2D eigenvalue weighted by molar-refractivity contribution is 6.17. The maximum atomic E-state index is 5.95. The summed E-state index contributed by atoms with van der Waals surface area (Å²) in [5, 5.41) is 0. The quantitative estimate of drug-likeness (QED) is 0.516. The summed E-state index contributed by atoms with van der Waals surface area (Å²) in [6.45, 7) is 10.0. The molecule has 0 bridgehead atoms. The summed E-state index contributed by atoms with van der Waals surface area (Å²) in [6.07, 6.45) is 2.17. The van der Waals surface area contributed by atoms with E-state index < -0.39 is 0 Å². The smallest absolute Gasteiger partial charge is 0.165 e. The maximum Gasteiger partial charge on any atom is 0.165 e. The van der Waals surface area contributed by atoms with Gasteiger partial charge >= 0.3 is 0 Å². The summed E-state index contributed by atoms with van der Waals surface area (Å²) in [6, 6.07) is 5.86. The zero-order chi connectivity index (χ0) is 14.3. The van der Waals surface area contributed by atoms with Crippen molar-refractivity contribution in [2.24, 2.45) is 5.41 Å². The highest BCUT2D eigenvalue weighted by Gasteiger charge is 2.12. The molecule has 0 atom stereocenters. The molecule has 0 fully saturated rings. The van der Waals surface area contributed by atoms with E-state index in [2.05, 4.69) is 20.8 Å². The average Bonchev–Trinajstić information content (AvgIpc) is 2.35. The third kappa shape index (κ3) is 5.73. The normalized spacial score (nSPS) is 11.4. The van der Waals surface area contributed by atoms with Gasteiger partial charge in [-0.05, 0) is 31.2 Å². The van der Waals surface area contributed by atoms with Crippen LogP contribution in [0.3, 0.4) is 0 Å². The van der Waals surface area contributed by atoms with E-state index in [4.69, 9.17) is 21.1 Å². The third-order valence-corrected chi connectivity index (χ3v) is 3.11. The molecule has 0 aromatic heterocycles. The van der Waals surface area contributed by atoms with Crippen molar-refractivity contribution in [2.75, 3.05) is 13.2 Å². The zero-order valence-corrected chi connectivity index (χ0v) is 13.2. The van der Waals surface area contributed by atoms with Gasteiger partial charge in [0.1, 0.15) is 0 Å². The molecule has 0 aliphatic rings. The fraction of sp³-hybridized carbons (Fsp3) is 0.625. The SMILES string of the molecule is CCOc1cccc(CCl)c1OCCCC(C)(C)C. The lowest BCUT2D eigenvalue weighted by Gasteiger charge is -2.19. The molecule has 0 amide bonds. The molecule has 1 aromatic rings. The minimum Gasteiger partial charge on any atom is -0.490 e. The number of ether oxygens (including phenoxy) is 2. The molecule has 0 saturated carbocycles. The van der Waals surface area contributed by atoms with Crippen LogP contribution in [0.2, 0.25) is 0 Å². The van der Waals surface area contributed by atoms with Crippen molar-refractivity contribution in [1.29, 1.82) is 0 Å². The van der Waals surface area contributed by atoms with Crippen molar-refractivity contribution in [3.05, 3.63) is 23.8 Å². The van der Waals surface area contributed by atoms with Crippen LogP contribution >= 0.6 is 11.6 Å². The van der Waals surface area contributed by atoms with Crippen LogP contribution in [0.5, 0.6) is 11.5 Å². The van der Waals surface area contributed by atoms with Gasteiger partial charge < -0.3 is 9.47 Å². The van der Waals surface area contributed by atoms with Crippen LogP contribution < -0.4 is 9.47 Å². The molecular weight excluding hydrogens is 260 g/mol. The Morgan fingerprint density at radius 2 is 1.89 bits per heavy atom. The molecule has 1 aromatic carbocycles. The molecule has 0 heterocycles. The first-order chi connectivity index (χ1) is 8.98. The molecule has 19 heavy (non-hydrogen) atoms. The number of alkyl halides is 1. The van der Waals surface area contributed by atoms with Gasteiger partial charge in [0.2, 0.25) is 0 Å². The predicted molar refractivity (Wildman–Crippen MR) is 81.4 cm³/mol. The van der Waals surface area contributed by atoms with E-state index in [0.717, 1.165) is 29.9 Å². The minimum absolute atomic E-state index is 0.345. The summed E-state index contributed by atoms with van der Waals surface area (Å²) < 4.78 is 11.5. The van der Waals surface area contributed by atoms with E-state index in [1.807, 2.05) is 25.1 Å². The molecule has 0 unspecified atom stereocenters. The van der Waals surface area contributed by atoms with Gasteiger partial charge in [-0.1, -0.05) is 32.9 Å². The Balaban J connectivity index is 2.64. The Hall–Kier alpha value is -0.890. The second kappa shape index (κ2) is 7.64. The number of benzene rings is 1. The van der Waals surface area contributed by atoms with E-state index in [1.54, 1.807) is 0 Å². The first-order valence-electron chi connectivity index (χ1n) is 6.91. The Morgan fingerprint density at radius 1 is 1.16 bits per heavy atom. The molecule has 0 aliphatic carbocycles. The monoisotopic (exact) mass is 284 g/mol. The topological polar surface area (TPSA) is 18.5 Å². The van der Waals surface area contributed by atoms with Gasteiger partial charge in [-0.25, -0.2) is 0 Å². The Labute approximate surface area is 122 Å². The maximum absolute atomic E-state index is 5.95. The summed E-state index contributed by atoms with van der Waals surface area (Å²) in [5.74, 6) is 2.03. The Kier molecular flexibility index (Phi) is 6.50. The van der Waals surface area contributed by atoms with Gasteiger partial charge in [0.25, 0.3) is 0 Å². The van der Waals surface area contributed by atoms with Gasteiger partial charge in [-0.3, -0.25) is 0 Å². The lowest BCUT2D eigenvalue weighted by atomic mass is 9.91. The average molecular weight is 285 g/mol. The molecule has 0 aliphatic heterocycles. The lowest BCUT2D eigenvalue weighted by Crippen LogP contribution is -2.09. The third-order valence-electron chi connectivity index (χ3n) is 2.82. The van der Waals surface area contributed by atoms with Gasteiger partial charge in [0.05, 0.1) is 19.1 Å². The molecule has 0 spiro atoms. The van der Waals surface area contributed by atoms with Crippen LogP contribution in [0.25, 0.3) is 0 Å². The molecule has 0 radical (unpaired) electrons. The van der Waals surface area contributed by atoms with Gasteiger partial charge in [-0.2, -0.15) is 0 Å². The second-order valence-corrected chi connectivity index (χ2v) is 6.09. The zero-order valence-electron chi connectivity index (χ0n) is 12.5. The van der Waals surface area contributed by atoms with E-state index in [-0.39, 0.29) is 0 Å². The van der Waals surface area contributed by atoms with Crippen LogP contribution in [0, 0.1) is 5.41 Å². The highest BCUT2D eigenvalue weighted by atomic mass is 35.5. The largest absolute Gasteiger partial charge is 0.490 e. The number of rotatable bonds is 7. The van der Waals surface area contributed by atoms with Crippen molar-refractivity contribution in [1.82, 2.24) is 0 Å². The van der Waals surface area contributed by atoms with Crippen molar-refractivity contribution in [3.8, 4) is 11.5 Å². The summed E-state index contributed by atoms with van der Waals surface area (Å²) in [5.41, 5.74) is 1.33. The Morgan fingerprint density at radius 3 is 2.47 bits per heavy atom. The van der Waals surface area contributed by atoms with Crippen molar-refractivity contribution < 1.29 is 9.47 Å². The van der Waals surface area contributed by atoms with E-state index in [9.17, 15) is 0 Å². The van der Waals surface area contributed by atoms with Crippen LogP contribution in [0.15, 0.2) is 18.2 Å². The van der Waals surface area contributed by atoms with Gasteiger partial charge in [0, 0.05) is 5.56 Å². The molecular formula is C16H25ClO2. The van der Waals surface area contributed by atoms with Crippen LogP contribution in [-0.2, 0) is 5.88 Å². The predicted octanol–water partition coefficient (Wildman–Crippen LogP) is 5.03. The van der Waals surface area contributed by atoms with Crippen molar-refractivity contribution >= 4 is 11.6 Å². The summed E-state index contributed by atoms with van der Waals surface area (Å²) in [7, 11) is 0. The minimum atomic E-state index is 0.345. The van der Waals surface area contributed by atoms with E-state index in [0.29, 0.717) is 24.5 Å². The Bertz CT molecular complexity index is 383. The first-order valence-corrected chi connectivity index (χ1v) is 7.45. The fourth-order valence-corrected chi connectivity index (χ4v) is 2.09. The molecule has 3 heteroatoms. The van der Waals surface area contributed by atoms with Gasteiger partial charge in [0.15, 0.2) is 11.5 Å². The van der Waals surface area contributed by atoms with Crippen LogP contribution in [0.4, 0.5) is 0 Å². The summed E-state index contributed by atoms with van der Waals surface area (Å²) in [4.78, 5) is 0. The van der Waals surface area contributed by atoms with E-state index in [1.165, 1.54) is 0 Å². The fourth-order valence-electron chi connectivity index (χ4n) is 1.88. The number of para-hydroxylation sites is 1. The highest BCUT2D eigenvalue weighted by Crippen LogP contribution is 2.33. The lowest BCUT2D eigenvalue weighted by molar-refractivity contribution is 0.249. The molecule has 2 nitrogen and oxygen atoms in total. The summed E-state index contributed by atoms with van der Waals surface area (Å²) >= 11 is 5.95. The molecule has 0 saturated heterocycles. The van der Waals surface area contributed by atoms with Gasteiger partial charge in [-0.15, -0.1) is 11.6 Å².